The Bertz CT molecular complexity index is 528. The standard InChI is InChI=1S/C18H29N3O3/c1-4-22-10-8-20-18(19-3)21-12-15-6-5-14(2)11-17(15)24-16-7-9-23-13-16/h5-6,11,16H,4,7-10,12-13H2,1-3H3,(H2,19,20,21). The Morgan fingerprint density at radius 1 is 1.38 bits per heavy atom. The van der Waals surface area contributed by atoms with E-state index in [-0.39, 0.29) is 6.10 Å². The van der Waals surface area contributed by atoms with Crippen LogP contribution in [-0.2, 0) is 16.0 Å². The van der Waals surface area contributed by atoms with Crippen molar-refractivity contribution in [2.75, 3.05) is 40.0 Å². The summed E-state index contributed by atoms with van der Waals surface area (Å²) in [7, 11) is 1.76. The summed E-state index contributed by atoms with van der Waals surface area (Å²) in [4.78, 5) is 4.23. The molecule has 1 saturated heterocycles. The highest BCUT2D eigenvalue weighted by molar-refractivity contribution is 5.79. The minimum Gasteiger partial charge on any atom is -0.488 e. The highest BCUT2D eigenvalue weighted by Crippen LogP contribution is 2.23. The molecule has 2 N–H and O–H groups in total. The summed E-state index contributed by atoms with van der Waals surface area (Å²) >= 11 is 0. The van der Waals surface area contributed by atoms with Crippen LogP contribution in [0.15, 0.2) is 23.2 Å². The zero-order valence-electron chi connectivity index (χ0n) is 14.9. The Hall–Kier alpha value is -1.79. The average Bonchev–Trinajstić information content (AvgIpc) is 3.09. The van der Waals surface area contributed by atoms with Crippen molar-refractivity contribution in [1.29, 1.82) is 0 Å². The number of nitrogens with zero attached hydrogens (tertiary/aromatic N) is 1. The molecule has 0 amide bonds. The van der Waals surface area contributed by atoms with Gasteiger partial charge in [0, 0.05) is 38.7 Å². The maximum absolute atomic E-state index is 6.12. The molecule has 134 valence electrons. The largest absolute Gasteiger partial charge is 0.488 e. The summed E-state index contributed by atoms with van der Waals surface area (Å²) in [6.45, 7) is 8.27. The van der Waals surface area contributed by atoms with E-state index in [0.29, 0.717) is 19.8 Å². The van der Waals surface area contributed by atoms with Crippen molar-refractivity contribution in [1.82, 2.24) is 10.6 Å². The number of benzene rings is 1. The van der Waals surface area contributed by atoms with E-state index < -0.39 is 0 Å². The molecule has 0 aliphatic carbocycles. The Kier molecular flexibility index (Phi) is 7.85. The van der Waals surface area contributed by atoms with E-state index in [4.69, 9.17) is 14.2 Å². The number of aryl methyl sites for hydroxylation is 1. The first-order valence-electron chi connectivity index (χ1n) is 8.59. The van der Waals surface area contributed by atoms with Gasteiger partial charge in [0.2, 0.25) is 0 Å². The first-order valence-corrected chi connectivity index (χ1v) is 8.59. The van der Waals surface area contributed by atoms with Crippen LogP contribution in [0.25, 0.3) is 0 Å². The van der Waals surface area contributed by atoms with Crippen LogP contribution in [0.2, 0.25) is 0 Å². The predicted octanol–water partition coefficient (Wildman–Crippen LogP) is 1.86. The zero-order chi connectivity index (χ0) is 17.2. The van der Waals surface area contributed by atoms with Crippen molar-refractivity contribution >= 4 is 5.96 Å². The van der Waals surface area contributed by atoms with Gasteiger partial charge < -0.3 is 24.8 Å². The monoisotopic (exact) mass is 335 g/mol. The van der Waals surface area contributed by atoms with E-state index in [1.807, 2.05) is 6.92 Å². The van der Waals surface area contributed by atoms with Crippen LogP contribution in [0.3, 0.4) is 0 Å². The molecule has 6 nitrogen and oxygen atoms in total. The van der Waals surface area contributed by atoms with Crippen LogP contribution in [0.4, 0.5) is 0 Å². The molecule has 1 aliphatic rings. The highest BCUT2D eigenvalue weighted by Gasteiger charge is 2.18. The second-order valence-electron chi connectivity index (χ2n) is 5.76. The minimum absolute atomic E-state index is 0.147. The fourth-order valence-electron chi connectivity index (χ4n) is 2.49. The molecule has 0 saturated carbocycles. The third-order valence-electron chi connectivity index (χ3n) is 3.82. The maximum Gasteiger partial charge on any atom is 0.191 e. The Morgan fingerprint density at radius 3 is 2.96 bits per heavy atom. The molecule has 0 aromatic heterocycles. The van der Waals surface area contributed by atoms with Gasteiger partial charge in [-0.05, 0) is 25.5 Å². The minimum atomic E-state index is 0.147. The molecule has 1 unspecified atom stereocenters. The second kappa shape index (κ2) is 10.2. The van der Waals surface area contributed by atoms with Crippen LogP contribution < -0.4 is 15.4 Å². The second-order valence-corrected chi connectivity index (χ2v) is 5.76. The van der Waals surface area contributed by atoms with Gasteiger partial charge in [0.1, 0.15) is 11.9 Å². The fraction of sp³-hybridized carbons (Fsp3) is 0.611. The van der Waals surface area contributed by atoms with Crippen LogP contribution in [0.5, 0.6) is 5.75 Å². The maximum atomic E-state index is 6.12. The van der Waals surface area contributed by atoms with E-state index in [0.717, 1.165) is 43.5 Å². The Morgan fingerprint density at radius 2 is 2.25 bits per heavy atom. The molecular formula is C18H29N3O3. The Balaban J connectivity index is 1.90. The number of aliphatic imine (C=N–C) groups is 1. The molecule has 1 aromatic rings. The number of guanidine groups is 1. The van der Waals surface area contributed by atoms with Crippen molar-refractivity contribution in [3.63, 3.8) is 0 Å². The topological polar surface area (TPSA) is 64.1 Å². The molecule has 0 radical (unpaired) electrons. The van der Waals surface area contributed by atoms with E-state index in [2.05, 4.69) is 40.7 Å². The van der Waals surface area contributed by atoms with Crippen LogP contribution in [0.1, 0.15) is 24.5 Å². The van der Waals surface area contributed by atoms with Crippen molar-refractivity contribution in [3.8, 4) is 5.75 Å². The molecule has 6 heteroatoms. The summed E-state index contributed by atoms with van der Waals surface area (Å²) < 4.78 is 16.8. The SMILES string of the molecule is CCOCCNC(=NC)NCc1ccc(C)cc1OC1CCOC1. The molecule has 1 aliphatic heterocycles. The normalized spacial score (nSPS) is 17.8. The first kappa shape index (κ1) is 18.5. The van der Waals surface area contributed by atoms with Crippen molar-refractivity contribution in [2.24, 2.45) is 4.99 Å². The van der Waals surface area contributed by atoms with Gasteiger partial charge in [-0.2, -0.15) is 0 Å². The Labute approximate surface area is 144 Å². The van der Waals surface area contributed by atoms with E-state index in [1.54, 1.807) is 7.05 Å². The van der Waals surface area contributed by atoms with Crippen molar-refractivity contribution in [2.45, 2.75) is 32.9 Å². The van der Waals surface area contributed by atoms with E-state index >= 15 is 0 Å². The summed E-state index contributed by atoms with van der Waals surface area (Å²) in [6, 6.07) is 6.28. The van der Waals surface area contributed by atoms with Gasteiger partial charge in [0.15, 0.2) is 5.96 Å². The number of ether oxygens (including phenoxy) is 3. The number of nitrogens with one attached hydrogen (secondary N) is 2. The number of hydrogen-bond acceptors (Lipinski definition) is 4. The first-order chi connectivity index (χ1) is 11.7. The van der Waals surface area contributed by atoms with Crippen LogP contribution >= 0.6 is 0 Å². The molecule has 2 rings (SSSR count). The molecule has 0 spiro atoms. The predicted molar refractivity (Wildman–Crippen MR) is 95.7 cm³/mol. The van der Waals surface area contributed by atoms with Crippen LogP contribution in [-0.4, -0.2) is 52.1 Å². The fourth-order valence-corrected chi connectivity index (χ4v) is 2.49. The lowest BCUT2D eigenvalue weighted by Gasteiger charge is -2.18. The smallest absolute Gasteiger partial charge is 0.191 e. The molecule has 24 heavy (non-hydrogen) atoms. The third-order valence-corrected chi connectivity index (χ3v) is 3.82. The zero-order valence-corrected chi connectivity index (χ0v) is 14.9. The quantitative estimate of drug-likeness (QED) is 0.431. The van der Waals surface area contributed by atoms with Gasteiger partial charge >= 0.3 is 0 Å². The van der Waals surface area contributed by atoms with Gasteiger partial charge in [-0.15, -0.1) is 0 Å². The van der Waals surface area contributed by atoms with Crippen molar-refractivity contribution < 1.29 is 14.2 Å². The molecule has 1 aromatic carbocycles. The van der Waals surface area contributed by atoms with Crippen molar-refractivity contribution in [3.05, 3.63) is 29.3 Å². The third kappa shape index (κ3) is 6.02. The van der Waals surface area contributed by atoms with Gasteiger partial charge in [0.05, 0.1) is 19.8 Å². The van der Waals surface area contributed by atoms with Crippen LogP contribution in [0, 0.1) is 6.92 Å². The van der Waals surface area contributed by atoms with Gasteiger partial charge in [-0.25, -0.2) is 0 Å². The molecule has 0 bridgehead atoms. The van der Waals surface area contributed by atoms with Gasteiger partial charge in [-0.1, -0.05) is 12.1 Å². The lowest BCUT2D eigenvalue weighted by Crippen LogP contribution is -2.38. The number of hydrogen-bond donors (Lipinski definition) is 2. The molecular weight excluding hydrogens is 306 g/mol. The number of rotatable bonds is 8. The summed E-state index contributed by atoms with van der Waals surface area (Å²) in [5.41, 5.74) is 2.30. The lowest BCUT2D eigenvalue weighted by molar-refractivity contribution is 0.140. The highest BCUT2D eigenvalue weighted by atomic mass is 16.5. The lowest BCUT2D eigenvalue weighted by atomic mass is 10.1. The molecule has 1 atom stereocenters. The molecule has 1 heterocycles. The van der Waals surface area contributed by atoms with E-state index in [9.17, 15) is 0 Å². The summed E-state index contributed by atoms with van der Waals surface area (Å²) in [5, 5.41) is 6.55. The summed E-state index contributed by atoms with van der Waals surface area (Å²) in [6.07, 6.45) is 1.09. The van der Waals surface area contributed by atoms with E-state index in [1.165, 1.54) is 5.56 Å². The summed E-state index contributed by atoms with van der Waals surface area (Å²) in [5.74, 6) is 1.67. The van der Waals surface area contributed by atoms with Gasteiger partial charge in [0.25, 0.3) is 0 Å². The average molecular weight is 335 g/mol. The molecule has 1 fully saturated rings. The van der Waals surface area contributed by atoms with Gasteiger partial charge in [-0.3, -0.25) is 4.99 Å².